The molecule has 0 spiro atoms. The predicted octanol–water partition coefficient (Wildman–Crippen LogP) is 5.73. The second kappa shape index (κ2) is 7.65. The van der Waals surface area contributed by atoms with Crippen LogP contribution in [-0.2, 0) is 13.1 Å². The summed E-state index contributed by atoms with van der Waals surface area (Å²) in [7, 11) is 0. The summed E-state index contributed by atoms with van der Waals surface area (Å²) in [4.78, 5) is 6.50. The molecule has 0 bridgehead atoms. The van der Waals surface area contributed by atoms with E-state index < -0.39 is 0 Å². The largest absolute Gasteiger partial charge is 0.348 e. The van der Waals surface area contributed by atoms with Crippen LogP contribution in [0.2, 0.25) is 10.0 Å². The van der Waals surface area contributed by atoms with Gasteiger partial charge in [0.15, 0.2) is 0 Å². The summed E-state index contributed by atoms with van der Waals surface area (Å²) in [6, 6.07) is 17.7. The summed E-state index contributed by atoms with van der Waals surface area (Å²) in [5.74, 6) is 0.580. The molecule has 0 radical (unpaired) electrons. The second-order valence-corrected chi connectivity index (χ2v) is 6.25. The highest BCUT2D eigenvalue weighted by atomic mass is 35.5. The first-order chi connectivity index (χ1) is 11.6. The lowest BCUT2D eigenvalue weighted by atomic mass is 10.1. The SMILES string of the molecule is Fc1ccc(CN(Cc2ccc(Cl)cc2Cl)c2ccccn2)cc1. The Morgan fingerprint density at radius 1 is 0.917 bits per heavy atom. The molecule has 3 rings (SSSR count). The molecule has 0 unspecified atom stereocenters. The molecule has 24 heavy (non-hydrogen) atoms. The van der Waals surface area contributed by atoms with Crippen LogP contribution in [0.25, 0.3) is 0 Å². The lowest BCUT2D eigenvalue weighted by Gasteiger charge is -2.24. The summed E-state index contributed by atoms with van der Waals surface area (Å²) in [6.07, 6.45) is 1.75. The van der Waals surface area contributed by atoms with E-state index in [-0.39, 0.29) is 5.82 Å². The van der Waals surface area contributed by atoms with Crippen LogP contribution in [0.15, 0.2) is 66.9 Å². The van der Waals surface area contributed by atoms with E-state index in [0.717, 1.165) is 16.9 Å². The number of rotatable bonds is 5. The number of benzene rings is 2. The highest BCUT2D eigenvalue weighted by Gasteiger charge is 2.12. The third-order valence-electron chi connectivity index (χ3n) is 3.64. The van der Waals surface area contributed by atoms with Crippen molar-refractivity contribution in [1.29, 1.82) is 0 Å². The molecule has 0 saturated carbocycles. The second-order valence-electron chi connectivity index (χ2n) is 5.41. The van der Waals surface area contributed by atoms with Crippen LogP contribution in [0, 0.1) is 5.82 Å². The number of hydrogen-bond donors (Lipinski definition) is 0. The van der Waals surface area contributed by atoms with E-state index in [1.807, 2.05) is 30.3 Å². The minimum Gasteiger partial charge on any atom is -0.348 e. The van der Waals surface area contributed by atoms with Gasteiger partial charge in [-0.2, -0.15) is 0 Å². The van der Waals surface area contributed by atoms with E-state index in [0.29, 0.717) is 23.1 Å². The fraction of sp³-hybridized carbons (Fsp3) is 0.105. The first-order valence-electron chi connectivity index (χ1n) is 7.46. The molecule has 0 fully saturated rings. The Morgan fingerprint density at radius 3 is 2.38 bits per heavy atom. The zero-order chi connectivity index (χ0) is 16.9. The molecule has 2 nitrogen and oxygen atoms in total. The maximum atomic E-state index is 13.1. The van der Waals surface area contributed by atoms with Crippen LogP contribution in [0.3, 0.4) is 0 Å². The normalized spacial score (nSPS) is 10.6. The molecular weight excluding hydrogens is 346 g/mol. The van der Waals surface area contributed by atoms with Crippen molar-refractivity contribution < 1.29 is 4.39 Å². The quantitative estimate of drug-likeness (QED) is 0.577. The van der Waals surface area contributed by atoms with E-state index in [1.54, 1.807) is 24.4 Å². The average Bonchev–Trinajstić information content (AvgIpc) is 2.59. The molecule has 1 heterocycles. The van der Waals surface area contributed by atoms with Crippen molar-refractivity contribution in [2.75, 3.05) is 4.90 Å². The third-order valence-corrected chi connectivity index (χ3v) is 4.22. The summed E-state index contributed by atoms with van der Waals surface area (Å²) < 4.78 is 13.1. The minimum absolute atomic E-state index is 0.246. The minimum atomic E-state index is -0.246. The summed E-state index contributed by atoms with van der Waals surface area (Å²) in [6.45, 7) is 1.17. The average molecular weight is 361 g/mol. The molecule has 2 aromatic carbocycles. The fourth-order valence-electron chi connectivity index (χ4n) is 2.42. The molecule has 1 aromatic heterocycles. The lowest BCUT2D eigenvalue weighted by Crippen LogP contribution is -2.23. The molecular formula is C19H15Cl2FN2. The first kappa shape index (κ1) is 16.7. The van der Waals surface area contributed by atoms with Gasteiger partial charge in [-0.15, -0.1) is 0 Å². The Hall–Kier alpha value is -2.10. The van der Waals surface area contributed by atoms with Gasteiger partial charge in [-0.1, -0.05) is 47.5 Å². The van der Waals surface area contributed by atoms with Crippen LogP contribution < -0.4 is 4.90 Å². The smallest absolute Gasteiger partial charge is 0.129 e. The van der Waals surface area contributed by atoms with Crippen molar-refractivity contribution in [3.05, 3.63) is 93.8 Å². The topological polar surface area (TPSA) is 16.1 Å². The maximum absolute atomic E-state index is 13.1. The van der Waals surface area contributed by atoms with Gasteiger partial charge in [-0.25, -0.2) is 9.37 Å². The molecule has 0 aliphatic carbocycles. The number of hydrogen-bond acceptors (Lipinski definition) is 2. The molecule has 5 heteroatoms. The van der Waals surface area contributed by atoms with Crippen LogP contribution in [-0.4, -0.2) is 4.98 Å². The van der Waals surface area contributed by atoms with Gasteiger partial charge in [0.1, 0.15) is 11.6 Å². The van der Waals surface area contributed by atoms with Crippen molar-refractivity contribution >= 4 is 29.0 Å². The van der Waals surface area contributed by atoms with Crippen molar-refractivity contribution in [2.45, 2.75) is 13.1 Å². The number of pyridine rings is 1. The fourth-order valence-corrected chi connectivity index (χ4v) is 2.89. The molecule has 122 valence electrons. The molecule has 0 amide bonds. The van der Waals surface area contributed by atoms with E-state index >= 15 is 0 Å². The zero-order valence-corrected chi connectivity index (χ0v) is 14.3. The van der Waals surface area contributed by atoms with Crippen LogP contribution in [0.1, 0.15) is 11.1 Å². The van der Waals surface area contributed by atoms with Gasteiger partial charge < -0.3 is 4.90 Å². The number of halogens is 3. The Bertz CT molecular complexity index is 807. The number of aromatic nitrogens is 1. The van der Waals surface area contributed by atoms with E-state index in [4.69, 9.17) is 23.2 Å². The molecule has 0 N–H and O–H groups in total. The monoisotopic (exact) mass is 360 g/mol. The van der Waals surface area contributed by atoms with Crippen LogP contribution in [0.5, 0.6) is 0 Å². The highest BCUT2D eigenvalue weighted by Crippen LogP contribution is 2.25. The lowest BCUT2D eigenvalue weighted by molar-refractivity contribution is 0.626. The van der Waals surface area contributed by atoms with Crippen LogP contribution in [0.4, 0.5) is 10.2 Å². The Morgan fingerprint density at radius 2 is 1.71 bits per heavy atom. The van der Waals surface area contributed by atoms with Gasteiger partial charge in [-0.05, 0) is 47.5 Å². The Kier molecular flexibility index (Phi) is 5.34. The van der Waals surface area contributed by atoms with Gasteiger partial charge in [0.2, 0.25) is 0 Å². The summed E-state index contributed by atoms with van der Waals surface area (Å²) in [5, 5.41) is 1.22. The predicted molar refractivity (Wildman–Crippen MR) is 97.0 cm³/mol. The van der Waals surface area contributed by atoms with Gasteiger partial charge in [0.05, 0.1) is 0 Å². The number of nitrogens with zero attached hydrogens (tertiary/aromatic N) is 2. The Balaban J connectivity index is 1.88. The summed E-state index contributed by atoms with van der Waals surface area (Å²) >= 11 is 12.3. The third kappa shape index (κ3) is 4.25. The summed E-state index contributed by atoms with van der Waals surface area (Å²) in [5.41, 5.74) is 1.95. The van der Waals surface area contributed by atoms with Gasteiger partial charge in [0.25, 0.3) is 0 Å². The van der Waals surface area contributed by atoms with Crippen LogP contribution >= 0.6 is 23.2 Å². The van der Waals surface area contributed by atoms with E-state index in [9.17, 15) is 4.39 Å². The first-order valence-corrected chi connectivity index (χ1v) is 8.22. The zero-order valence-electron chi connectivity index (χ0n) is 12.8. The molecule has 0 saturated heterocycles. The van der Waals surface area contributed by atoms with Crippen molar-refractivity contribution in [3.8, 4) is 0 Å². The Labute approximate surface area is 150 Å². The highest BCUT2D eigenvalue weighted by molar-refractivity contribution is 6.35. The van der Waals surface area contributed by atoms with Gasteiger partial charge in [-0.3, -0.25) is 0 Å². The molecule has 0 atom stereocenters. The van der Waals surface area contributed by atoms with Gasteiger partial charge >= 0.3 is 0 Å². The molecule has 0 aliphatic rings. The number of anilines is 1. The van der Waals surface area contributed by atoms with Crippen molar-refractivity contribution in [1.82, 2.24) is 4.98 Å². The standard InChI is InChI=1S/C19H15Cl2FN2/c20-16-7-6-15(18(21)11-16)13-24(19-3-1-2-10-23-19)12-14-4-8-17(22)9-5-14/h1-11H,12-13H2. The van der Waals surface area contributed by atoms with Crippen molar-refractivity contribution in [2.24, 2.45) is 0 Å². The molecule has 0 aliphatic heterocycles. The van der Waals surface area contributed by atoms with Gasteiger partial charge in [0, 0.05) is 29.3 Å². The van der Waals surface area contributed by atoms with Crippen molar-refractivity contribution in [3.63, 3.8) is 0 Å². The van der Waals surface area contributed by atoms with E-state index in [1.165, 1.54) is 12.1 Å². The maximum Gasteiger partial charge on any atom is 0.129 e. The van der Waals surface area contributed by atoms with E-state index in [2.05, 4.69) is 9.88 Å². The molecule has 3 aromatic rings.